The van der Waals surface area contributed by atoms with Crippen molar-refractivity contribution in [2.45, 2.75) is 0 Å². The number of carbonyl (C=O) groups is 1. The zero-order chi connectivity index (χ0) is 19.5. The van der Waals surface area contributed by atoms with E-state index in [1.165, 1.54) is 7.11 Å². The Labute approximate surface area is 161 Å². The Morgan fingerprint density at radius 2 is 1.75 bits per heavy atom. The van der Waals surface area contributed by atoms with E-state index in [0.717, 1.165) is 11.3 Å². The van der Waals surface area contributed by atoms with E-state index in [4.69, 9.17) is 13.9 Å². The molecule has 0 saturated heterocycles. The minimum atomic E-state index is -0.254. The van der Waals surface area contributed by atoms with Crippen LogP contribution in [0.1, 0.15) is 10.4 Å². The lowest BCUT2D eigenvalue weighted by Crippen LogP contribution is -2.13. The predicted octanol–water partition coefficient (Wildman–Crippen LogP) is 4.76. The smallest absolute Gasteiger partial charge is 0.259 e. The lowest BCUT2D eigenvalue weighted by Gasteiger charge is -2.08. The van der Waals surface area contributed by atoms with Gasteiger partial charge in [-0.3, -0.25) is 4.79 Å². The topological polar surface area (TPSA) is 73.6 Å². The lowest BCUT2D eigenvalue weighted by atomic mass is 10.2. The molecule has 1 aromatic heterocycles. The van der Waals surface area contributed by atoms with E-state index in [-0.39, 0.29) is 5.91 Å². The maximum Gasteiger partial charge on any atom is 0.259 e. The van der Waals surface area contributed by atoms with Crippen LogP contribution in [0, 0.1) is 0 Å². The number of fused-ring (bicyclic) bond motifs is 1. The molecule has 4 rings (SSSR count). The Bertz CT molecular complexity index is 1130. The van der Waals surface area contributed by atoms with Crippen LogP contribution in [0.2, 0.25) is 0 Å². The van der Waals surface area contributed by atoms with Crippen molar-refractivity contribution >= 4 is 22.7 Å². The molecule has 0 aliphatic heterocycles. The normalized spacial score (nSPS) is 10.6. The van der Waals surface area contributed by atoms with Crippen LogP contribution in [0.5, 0.6) is 11.5 Å². The minimum Gasteiger partial charge on any atom is -0.497 e. The molecule has 1 N–H and O–H groups in total. The Hall–Kier alpha value is -3.80. The second-order valence-electron chi connectivity index (χ2n) is 6.08. The molecule has 3 aromatic carbocycles. The van der Waals surface area contributed by atoms with Gasteiger partial charge in [0.1, 0.15) is 17.0 Å². The molecule has 4 aromatic rings. The summed E-state index contributed by atoms with van der Waals surface area (Å²) in [6.45, 7) is 0. The highest BCUT2D eigenvalue weighted by molar-refractivity contribution is 6.06. The standard InChI is InChI=1S/C22H18N2O4/c1-26-16-10-7-14(8-11-16)22-24-18-13-15(9-12-20(18)28-22)23-21(25)17-5-3-4-6-19(17)27-2/h3-13H,1-2H3,(H,23,25). The summed E-state index contributed by atoms with van der Waals surface area (Å²) in [5.41, 5.74) is 3.23. The van der Waals surface area contributed by atoms with Crippen molar-refractivity contribution in [2.75, 3.05) is 19.5 Å². The molecule has 0 radical (unpaired) electrons. The summed E-state index contributed by atoms with van der Waals surface area (Å²) in [7, 11) is 3.16. The van der Waals surface area contributed by atoms with Crippen LogP contribution in [0.15, 0.2) is 71.1 Å². The van der Waals surface area contributed by atoms with E-state index in [0.29, 0.717) is 34.0 Å². The molecule has 0 bridgehead atoms. The zero-order valence-corrected chi connectivity index (χ0v) is 15.4. The Balaban J connectivity index is 1.60. The first kappa shape index (κ1) is 17.6. The summed E-state index contributed by atoms with van der Waals surface area (Å²) in [6, 6.07) is 19.9. The van der Waals surface area contributed by atoms with Gasteiger partial charge in [0.05, 0.1) is 19.8 Å². The van der Waals surface area contributed by atoms with Crippen LogP contribution in [0.25, 0.3) is 22.6 Å². The molecular formula is C22H18N2O4. The number of anilines is 1. The van der Waals surface area contributed by atoms with Crippen LogP contribution in [-0.4, -0.2) is 25.1 Å². The van der Waals surface area contributed by atoms with Crippen molar-refractivity contribution in [3.8, 4) is 23.0 Å². The number of nitrogens with zero attached hydrogens (tertiary/aromatic N) is 1. The highest BCUT2D eigenvalue weighted by Gasteiger charge is 2.13. The highest BCUT2D eigenvalue weighted by atomic mass is 16.5. The predicted molar refractivity (Wildman–Crippen MR) is 107 cm³/mol. The number of amides is 1. The van der Waals surface area contributed by atoms with E-state index in [2.05, 4.69) is 10.3 Å². The number of hydrogen-bond acceptors (Lipinski definition) is 5. The van der Waals surface area contributed by atoms with E-state index in [9.17, 15) is 4.79 Å². The molecule has 140 valence electrons. The van der Waals surface area contributed by atoms with Crippen molar-refractivity contribution in [1.82, 2.24) is 4.98 Å². The molecular weight excluding hydrogens is 356 g/mol. The number of rotatable bonds is 5. The largest absolute Gasteiger partial charge is 0.497 e. The molecule has 0 aliphatic rings. The number of methoxy groups -OCH3 is 2. The van der Waals surface area contributed by atoms with Gasteiger partial charge in [-0.1, -0.05) is 12.1 Å². The molecule has 6 heteroatoms. The number of benzene rings is 3. The van der Waals surface area contributed by atoms with Crippen molar-refractivity contribution in [3.63, 3.8) is 0 Å². The first-order chi connectivity index (χ1) is 13.7. The number of para-hydroxylation sites is 1. The molecule has 6 nitrogen and oxygen atoms in total. The van der Waals surface area contributed by atoms with E-state index < -0.39 is 0 Å². The average Bonchev–Trinajstić information content (AvgIpc) is 3.17. The van der Waals surface area contributed by atoms with E-state index in [1.807, 2.05) is 30.3 Å². The summed E-state index contributed by atoms with van der Waals surface area (Å²) in [5, 5.41) is 2.87. The van der Waals surface area contributed by atoms with Crippen molar-refractivity contribution in [1.29, 1.82) is 0 Å². The summed E-state index contributed by atoms with van der Waals surface area (Å²) in [6.07, 6.45) is 0. The first-order valence-corrected chi connectivity index (χ1v) is 8.67. The molecule has 0 fully saturated rings. The molecule has 1 amide bonds. The SMILES string of the molecule is COc1ccc(-c2nc3cc(NC(=O)c4ccccc4OC)ccc3o2)cc1. The molecule has 0 spiro atoms. The van der Waals surface area contributed by atoms with Gasteiger partial charge in [-0.2, -0.15) is 0 Å². The van der Waals surface area contributed by atoms with E-state index >= 15 is 0 Å². The molecule has 28 heavy (non-hydrogen) atoms. The number of ether oxygens (including phenoxy) is 2. The fraction of sp³-hybridized carbons (Fsp3) is 0.0909. The summed E-state index contributed by atoms with van der Waals surface area (Å²) < 4.78 is 16.2. The van der Waals surface area contributed by atoms with Gasteiger partial charge < -0.3 is 19.2 Å². The Kier molecular flexibility index (Phi) is 4.68. The Morgan fingerprint density at radius 3 is 2.50 bits per heavy atom. The molecule has 0 unspecified atom stereocenters. The number of hydrogen-bond donors (Lipinski definition) is 1. The second-order valence-corrected chi connectivity index (χ2v) is 6.08. The van der Waals surface area contributed by atoms with Crippen LogP contribution >= 0.6 is 0 Å². The van der Waals surface area contributed by atoms with Crippen molar-refractivity contribution in [2.24, 2.45) is 0 Å². The van der Waals surface area contributed by atoms with Gasteiger partial charge in [-0.15, -0.1) is 0 Å². The van der Waals surface area contributed by atoms with Gasteiger partial charge in [0, 0.05) is 11.3 Å². The average molecular weight is 374 g/mol. The van der Waals surface area contributed by atoms with Crippen LogP contribution in [-0.2, 0) is 0 Å². The highest BCUT2D eigenvalue weighted by Crippen LogP contribution is 2.28. The van der Waals surface area contributed by atoms with E-state index in [1.54, 1.807) is 43.5 Å². The van der Waals surface area contributed by atoms with Crippen molar-refractivity contribution < 1.29 is 18.7 Å². The summed E-state index contributed by atoms with van der Waals surface area (Å²) >= 11 is 0. The molecule has 0 saturated carbocycles. The van der Waals surface area contributed by atoms with Gasteiger partial charge in [0.25, 0.3) is 5.91 Å². The number of oxazole rings is 1. The molecule has 0 aliphatic carbocycles. The van der Waals surface area contributed by atoms with Gasteiger partial charge in [0.2, 0.25) is 5.89 Å². The van der Waals surface area contributed by atoms with Gasteiger partial charge in [0.15, 0.2) is 5.58 Å². The maximum atomic E-state index is 12.6. The number of nitrogens with one attached hydrogen (secondary N) is 1. The van der Waals surface area contributed by atoms with Crippen LogP contribution < -0.4 is 14.8 Å². The quantitative estimate of drug-likeness (QED) is 0.545. The van der Waals surface area contributed by atoms with Crippen LogP contribution in [0.3, 0.4) is 0 Å². The number of carbonyl (C=O) groups excluding carboxylic acids is 1. The first-order valence-electron chi connectivity index (χ1n) is 8.67. The third-order valence-electron chi connectivity index (χ3n) is 4.33. The van der Waals surface area contributed by atoms with Gasteiger partial charge in [-0.05, 0) is 54.6 Å². The fourth-order valence-electron chi connectivity index (χ4n) is 2.89. The summed E-state index contributed by atoms with van der Waals surface area (Å²) in [4.78, 5) is 17.1. The zero-order valence-electron chi connectivity index (χ0n) is 15.4. The van der Waals surface area contributed by atoms with Crippen molar-refractivity contribution in [3.05, 3.63) is 72.3 Å². The fourth-order valence-corrected chi connectivity index (χ4v) is 2.89. The molecule has 0 atom stereocenters. The third-order valence-corrected chi connectivity index (χ3v) is 4.33. The minimum absolute atomic E-state index is 0.254. The molecule has 1 heterocycles. The summed E-state index contributed by atoms with van der Waals surface area (Å²) in [5.74, 6) is 1.53. The second kappa shape index (κ2) is 7.44. The van der Waals surface area contributed by atoms with Gasteiger partial charge in [-0.25, -0.2) is 4.98 Å². The van der Waals surface area contributed by atoms with Gasteiger partial charge >= 0.3 is 0 Å². The third kappa shape index (κ3) is 3.40. The Morgan fingerprint density at radius 1 is 0.964 bits per heavy atom. The number of aromatic nitrogens is 1. The monoisotopic (exact) mass is 374 g/mol. The van der Waals surface area contributed by atoms with Crippen LogP contribution in [0.4, 0.5) is 5.69 Å². The maximum absolute atomic E-state index is 12.6. The lowest BCUT2D eigenvalue weighted by molar-refractivity contribution is 0.102.